The van der Waals surface area contributed by atoms with Crippen LogP contribution in [0.5, 0.6) is 0 Å². The zero-order valence-electron chi connectivity index (χ0n) is 15.3. The van der Waals surface area contributed by atoms with E-state index in [1.165, 1.54) is 12.7 Å². The van der Waals surface area contributed by atoms with Crippen LogP contribution in [0, 0.1) is 5.92 Å². The lowest BCUT2D eigenvalue weighted by Crippen LogP contribution is -2.39. The van der Waals surface area contributed by atoms with Crippen molar-refractivity contribution in [3.05, 3.63) is 35.4 Å². The van der Waals surface area contributed by atoms with Gasteiger partial charge in [-0.1, -0.05) is 37.6 Å². The summed E-state index contributed by atoms with van der Waals surface area (Å²) in [6, 6.07) is 8.37. The van der Waals surface area contributed by atoms with Gasteiger partial charge in [-0.25, -0.2) is 0 Å². The number of hydrogen-bond donors (Lipinski definition) is 2. The van der Waals surface area contributed by atoms with E-state index in [4.69, 9.17) is 10.5 Å². The molecule has 2 bridgehead atoms. The summed E-state index contributed by atoms with van der Waals surface area (Å²) in [7, 11) is 1.40. The molecule has 2 rings (SSSR count). The number of benzene rings is 1. The molecule has 0 radical (unpaired) electrons. The Kier molecular flexibility index (Phi) is 7.44. The molecule has 1 heterocycles. The Hall–Kier alpha value is -1.88. The van der Waals surface area contributed by atoms with Gasteiger partial charge < -0.3 is 15.8 Å². The second-order valence-corrected chi connectivity index (χ2v) is 7.06. The van der Waals surface area contributed by atoms with Gasteiger partial charge >= 0.3 is 5.97 Å². The maximum atomic E-state index is 12.5. The molecule has 0 aromatic heterocycles. The highest BCUT2D eigenvalue weighted by Gasteiger charge is 2.20. The first-order chi connectivity index (χ1) is 12.0. The van der Waals surface area contributed by atoms with Crippen molar-refractivity contribution >= 4 is 11.9 Å². The van der Waals surface area contributed by atoms with Crippen molar-refractivity contribution in [2.24, 2.45) is 11.7 Å². The van der Waals surface area contributed by atoms with Crippen LogP contribution < -0.4 is 11.1 Å². The van der Waals surface area contributed by atoms with Crippen molar-refractivity contribution in [2.75, 3.05) is 7.11 Å². The highest BCUT2D eigenvalue weighted by molar-refractivity contribution is 5.78. The van der Waals surface area contributed by atoms with E-state index in [0.29, 0.717) is 12.8 Å². The molecule has 3 atom stereocenters. The highest BCUT2D eigenvalue weighted by atomic mass is 16.5. The van der Waals surface area contributed by atoms with Gasteiger partial charge in [0.2, 0.25) is 5.91 Å². The Morgan fingerprint density at radius 1 is 1.36 bits per heavy atom. The fraction of sp³-hybridized carbons (Fsp3) is 0.600. The van der Waals surface area contributed by atoms with E-state index < -0.39 is 0 Å². The van der Waals surface area contributed by atoms with Gasteiger partial charge in [0.1, 0.15) is 0 Å². The summed E-state index contributed by atoms with van der Waals surface area (Å²) < 4.78 is 4.70. The number of hydrogen-bond acceptors (Lipinski definition) is 4. The molecule has 0 fully saturated rings. The number of ether oxygens (including phenoxy) is 1. The molecule has 138 valence electrons. The molecule has 1 aromatic carbocycles. The van der Waals surface area contributed by atoms with Crippen LogP contribution in [0.1, 0.15) is 62.6 Å². The van der Waals surface area contributed by atoms with Crippen molar-refractivity contribution in [3.63, 3.8) is 0 Å². The van der Waals surface area contributed by atoms with Crippen LogP contribution in [0.15, 0.2) is 24.3 Å². The predicted octanol–water partition coefficient (Wildman–Crippen LogP) is 2.88. The van der Waals surface area contributed by atoms with E-state index in [1.807, 2.05) is 13.0 Å². The van der Waals surface area contributed by atoms with E-state index in [1.54, 1.807) is 0 Å². The van der Waals surface area contributed by atoms with Crippen molar-refractivity contribution < 1.29 is 14.3 Å². The first-order valence-corrected chi connectivity index (χ1v) is 9.21. The zero-order valence-corrected chi connectivity index (χ0v) is 15.3. The predicted molar refractivity (Wildman–Crippen MR) is 97.9 cm³/mol. The number of nitrogens with one attached hydrogen (secondary N) is 1. The van der Waals surface area contributed by atoms with Crippen molar-refractivity contribution in [1.29, 1.82) is 0 Å². The minimum atomic E-state index is -0.208. The van der Waals surface area contributed by atoms with Crippen LogP contribution in [-0.4, -0.2) is 25.0 Å². The average Bonchev–Trinajstić information content (AvgIpc) is 2.60. The minimum absolute atomic E-state index is 0.0190. The Morgan fingerprint density at radius 3 is 2.92 bits per heavy atom. The molecule has 1 aromatic rings. The highest BCUT2D eigenvalue weighted by Crippen LogP contribution is 2.22. The fourth-order valence-electron chi connectivity index (χ4n) is 3.34. The van der Waals surface area contributed by atoms with Gasteiger partial charge in [-0.15, -0.1) is 0 Å². The standard InChI is InChI=1S/C20H30N2O3/c1-14-6-3-10-18(21)16-8-4-7-15(12-16)13-17(22-20(14)24)9-5-11-19(23)25-2/h4,7-8,12,14,17-18H,3,5-6,9-11,13,21H2,1-2H3,(H,22,24)/t14-,17+,18+/m1/s1. The third-order valence-corrected chi connectivity index (χ3v) is 4.97. The molecule has 3 N–H and O–H groups in total. The average molecular weight is 346 g/mol. The van der Waals surface area contributed by atoms with Crippen molar-refractivity contribution in [2.45, 2.75) is 64.0 Å². The Bertz CT molecular complexity index is 588. The van der Waals surface area contributed by atoms with Gasteiger partial charge in [-0.2, -0.15) is 0 Å². The van der Waals surface area contributed by atoms with Crippen LogP contribution in [0.3, 0.4) is 0 Å². The second-order valence-electron chi connectivity index (χ2n) is 7.06. The lowest BCUT2D eigenvalue weighted by molar-refractivity contribution is -0.140. The lowest BCUT2D eigenvalue weighted by atomic mass is 9.92. The number of fused-ring (bicyclic) bond motifs is 2. The van der Waals surface area contributed by atoms with Crippen molar-refractivity contribution in [1.82, 2.24) is 5.32 Å². The normalized spacial score (nSPS) is 24.6. The van der Waals surface area contributed by atoms with Gasteiger partial charge in [0.15, 0.2) is 0 Å². The summed E-state index contributed by atoms with van der Waals surface area (Å²) >= 11 is 0. The van der Waals surface area contributed by atoms with Gasteiger partial charge in [0.25, 0.3) is 0 Å². The molecule has 5 nitrogen and oxygen atoms in total. The molecule has 5 heteroatoms. The van der Waals surface area contributed by atoms with E-state index in [2.05, 4.69) is 23.5 Å². The molecule has 0 spiro atoms. The monoisotopic (exact) mass is 346 g/mol. The Morgan fingerprint density at radius 2 is 2.16 bits per heavy atom. The summed E-state index contributed by atoms with van der Waals surface area (Å²) in [5.74, 6) is -0.137. The Labute approximate surface area is 150 Å². The first kappa shape index (κ1) is 19.4. The molecule has 0 aliphatic carbocycles. The summed E-state index contributed by atoms with van der Waals surface area (Å²) in [6.45, 7) is 1.97. The quantitative estimate of drug-likeness (QED) is 0.822. The molecule has 1 aliphatic rings. The van der Waals surface area contributed by atoms with Gasteiger partial charge in [0, 0.05) is 24.4 Å². The van der Waals surface area contributed by atoms with Gasteiger partial charge in [0.05, 0.1) is 7.11 Å². The lowest BCUT2D eigenvalue weighted by Gasteiger charge is -2.23. The maximum Gasteiger partial charge on any atom is 0.305 e. The van der Waals surface area contributed by atoms with E-state index in [9.17, 15) is 9.59 Å². The minimum Gasteiger partial charge on any atom is -0.469 e. The first-order valence-electron chi connectivity index (χ1n) is 9.21. The van der Waals surface area contributed by atoms with Crippen LogP contribution in [0.4, 0.5) is 0 Å². The molecule has 1 aliphatic heterocycles. The van der Waals surface area contributed by atoms with E-state index in [0.717, 1.165) is 37.7 Å². The topological polar surface area (TPSA) is 81.4 Å². The van der Waals surface area contributed by atoms with E-state index >= 15 is 0 Å². The molecular formula is C20H30N2O3. The van der Waals surface area contributed by atoms with Crippen LogP contribution >= 0.6 is 0 Å². The maximum absolute atomic E-state index is 12.5. The molecule has 0 saturated heterocycles. The number of amides is 1. The number of esters is 1. The van der Waals surface area contributed by atoms with Gasteiger partial charge in [-0.3, -0.25) is 9.59 Å². The molecule has 25 heavy (non-hydrogen) atoms. The van der Waals surface area contributed by atoms with Crippen LogP contribution in [-0.2, 0) is 20.7 Å². The summed E-state index contributed by atoms with van der Waals surface area (Å²) in [6.07, 6.45) is 5.25. The third kappa shape index (κ3) is 6.16. The summed E-state index contributed by atoms with van der Waals surface area (Å²) in [5, 5.41) is 3.17. The SMILES string of the molecule is COC(=O)CCC[C@H]1Cc2cccc(c2)[C@@H](N)CCC[C@@H](C)C(=O)N1. The second kappa shape index (κ2) is 9.56. The number of carbonyl (C=O) groups excluding carboxylic acids is 2. The summed E-state index contributed by atoms with van der Waals surface area (Å²) in [5.41, 5.74) is 8.64. The molecule has 0 saturated carbocycles. The van der Waals surface area contributed by atoms with Crippen LogP contribution in [0.2, 0.25) is 0 Å². The molecule has 0 unspecified atom stereocenters. The number of methoxy groups -OCH3 is 1. The smallest absolute Gasteiger partial charge is 0.305 e. The van der Waals surface area contributed by atoms with Gasteiger partial charge in [-0.05, 0) is 43.2 Å². The molecule has 1 amide bonds. The van der Waals surface area contributed by atoms with E-state index in [-0.39, 0.29) is 29.9 Å². The van der Waals surface area contributed by atoms with Crippen LogP contribution in [0.25, 0.3) is 0 Å². The molecular weight excluding hydrogens is 316 g/mol. The third-order valence-electron chi connectivity index (χ3n) is 4.97. The van der Waals surface area contributed by atoms with Crippen molar-refractivity contribution in [3.8, 4) is 0 Å². The number of carbonyl (C=O) groups is 2. The Balaban J connectivity index is 2.12. The number of rotatable bonds is 4. The largest absolute Gasteiger partial charge is 0.469 e. The fourth-order valence-corrected chi connectivity index (χ4v) is 3.34. The zero-order chi connectivity index (χ0) is 18.2. The summed E-state index contributed by atoms with van der Waals surface area (Å²) in [4.78, 5) is 23.8. The number of nitrogens with two attached hydrogens (primary N) is 1.